The standard InChI is InChI=1S/C36H6F8N8O2/c37-33-29-21(13-51)25(15-1-3-17(7-45)23(5-15)53-35(39,40)41)27(19(9-47)10-48)31(29)34(38)30-22(14-52)26(28(32(30)33)20(11-49)12-50)16-2-4-18(8-46)24(6-16)54-36(42,43)44/h1-6H. The van der Waals surface area contributed by atoms with Gasteiger partial charge in [-0.25, -0.2) is 8.78 Å². The van der Waals surface area contributed by atoms with Gasteiger partial charge in [0.05, 0.1) is 22.3 Å². The summed E-state index contributed by atoms with van der Waals surface area (Å²) in [5, 5.41) is 78.8. The van der Waals surface area contributed by atoms with Crippen LogP contribution in [0.2, 0.25) is 0 Å². The van der Waals surface area contributed by atoms with Gasteiger partial charge in [-0.05, 0) is 35.4 Å². The van der Waals surface area contributed by atoms with Crippen molar-refractivity contribution in [3.05, 3.63) is 104 Å². The number of benzene rings is 3. The lowest BCUT2D eigenvalue weighted by Crippen LogP contribution is -2.18. The fourth-order valence-corrected chi connectivity index (χ4v) is 5.91. The van der Waals surface area contributed by atoms with E-state index in [9.17, 15) is 68.4 Å². The molecule has 2 aliphatic carbocycles. The van der Waals surface area contributed by atoms with Gasteiger partial charge in [0.15, 0.2) is 0 Å². The molecular formula is C36H6F8N8O2. The zero-order valence-corrected chi connectivity index (χ0v) is 25.9. The van der Waals surface area contributed by atoms with Gasteiger partial charge in [0.25, 0.3) is 0 Å². The molecule has 0 fully saturated rings. The van der Waals surface area contributed by atoms with Crippen molar-refractivity contribution in [1.29, 1.82) is 42.1 Å². The lowest BCUT2D eigenvalue weighted by atomic mass is 9.88. The molecule has 3 aromatic carbocycles. The molecule has 0 saturated carbocycles. The highest BCUT2D eigenvalue weighted by molar-refractivity contribution is 6.30. The van der Waals surface area contributed by atoms with Gasteiger partial charge in [0.1, 0.15) is 82.8 Å². The van der Waals surface area contributed by atoms with Crippen LogP contribution in [0.1, 0.15) is 44.5 Å². The van der Waals surface area contributed by atoms with E-state index in [-0.39, 0.29) is 0 Å². The number of hydrogen-bond acceptors (Lipinski definition) is 10. The third kappa shape index (κ3) is 5.91. The van der Waals surface area contributed by atoms with E-state index in [1.807, 2.05) is 0 Å². The summed E-state index contributed by atoms with van der Waals surface area (Å²) in [6, 6.07) is 16.2. The van der Waals surface area contributed by atoms with E-state index >= 15 is 8.78 Å². The van der Waals surface area contributed by atoms with E-state index in [1.54, 1.807) is 12.1 Å². The Kier molecular flexibility index (Phi) is 9.12. The molecular weight excluding hydrogens is 728 g/mol. The van der Waals surface area contributed by atoms with E-state index in [4.69, 9.17) is 0 Å². The summed E-state index contributed by atoms with van der Waals surface area (Å²) < 4.78 is 122. The monoisotopic (exact) mass is 734 g/mol. The number of alkyl halides is 6. The fourth-order valence-electron chi connectivity index (χ4n) is 5.91. The van der Waals surface area contributed by atoms with E-state index < -0.39 is 125 Å². The molecule has 2 aliphatic rings. The Morgan fingerprint density at radius 3 is 1.07 bits per heavy atom. The third-order valence-electron chi connectivity index (χ3n) is 7.78. The molecule has 54 heavy (non-hydrogen) atoms. The molecule has 258 valence electrons. The maximum atomic E-state index is 17.2. The smallest absolute Gasteiger partial charge is 0.404 e. The van der Waals surface area contributed by atoms with Crippen LogP contribution in [0.4, 0.5) is 35.1 Å². The van der Waals surface area contributed by atoms with Crippen LogP contribution < -0.4 is 9.47 Å². The fraction of sp³-hybridized carbons (Fsp3) is 0.0556. The van der Waals surface area contributed by atoms with Crippen LogP contribution in [-0.2, 0) is 0 Å². The number of halogens is 8. The Hall–Kier alpha value is -8.42. The van der Waals surface area contributed by atoms with Gasteiger partial charge < -0.3 is 9.47 Å². The average Bonchev–Trinajstić information content (AvgIpc) is 3.65. The molecule has 0 radical (unpaired) electrons. The third-order valence-corrected chi connectivity index (χ3v) is 7.78. The lowest BCUT2D eigenvalue weighted by Gasteiger charge is -2.15. The van der Waals surface area contributed by atoms with Crippen molar-refractivity contribution < 1.29 is 44.6 Å². The van der Waals surface area contributed by atoms with Gasteiger partial charge in [0, 0.05) is 44.5 Å². The number of rotatable bonds is 4. The number of fused-ring (bicyclic) bond motifs is 2. The first-order valence-corrected chi connectivity index (χ1v) is 14.1. The molecule has 0 N–H and O–H groups in total. The van der Waals surface area contributed by atoms with Crippen LogP contribution in [0.3, 0.4) is 0 Å². The SMILES string of the molecule is N#CC(C#N)=C1C(c2ccc(C#N)c(OC(F)(F)F)c2)=C(C#N)c2c(F)c3c(c(F)c21)C(C#N)=C(c1ccc(C#N)c(OC(F)(F)F)c1)C3=C(C#N)C#N. The van der Waals surface area contributed by atoms with Crippen molar-refractivity contribution in [2.45, 2.75) is 12.7 Å². The Morgan fingerprint density at radius 1 is 0.481 bits per heavy atom. The second-order valence-corrected chi connectivity index (χ2v) is 10.5. The molecule has 10 nitrogen and oxygen atoms in total. The lowest BCUT2D eigenvalue weighted by molar-refractivity contribution is -0.275. The molecule has 0 bridgehead atoms. The maximum absolute atomic E-state index is 17.2. The normalized spacial score (nSPS) is 12.8. The predicted molar refractivity (Wildman–Crippen MR) is 163 cm³/mol. The van der Waals surface area contributed by atoms with E-state index in [1.165, 1.54) is 36.4 Å². The van der Waals surface area contributed by atoms with Crippen molar-refractivity contribution >= 4 is 33.4 Å². The zero-order chi connectivity index (χ0) is 39.9. The molecule has 0 atom stereocenters. The second-order valence-electron chi connectivity index (χ2n) is 10.5. The van der Waals surface area contributed by atoms with Gasteiger partial charge in [-0.15, -0.1) is 26.3 Å². The van der Waals surface area contributed by atoms with Crippen molar-refractivity contribution in [3.8, 4) is 60.1 Å². The van der Waals surface area contributed by atoms with E-state index in [0.29, 0.717) is 12.1 Å². The molecule has 0 aliphatic heterocycles. The van der Waals surface area contributed by atoms with Crippen LogP contribution in [-0.4, -0.2) is 12.7 Å². The molecule has 0 unspecified atom stereocenters. The molecule has 0 saturated heterocycles. The van der Waals surface area contributed by atoms with Crippen molar-refractivity contribution in [1.82, 2.24) is 0 Å². The minimum Gasteiger partial charge on any atom is -0.404 e. The Bertz CT molecular complexity index is 2530. The predicted octanol–water partition coefficient (Wildman–Crippen LogP) is 8.00. The van der Waals surface area contributed by atoms with Crippen LogP contribution in [0.15, 0.2) is 47.5 Å². The van der Waals surface area contributed by atoms with E-state index in [0.717, 1.165) is 24.3 Å². The van der Waals surface area contributed by atoms with Crippen molar-refractivity contribution in [2.24, 2.45) is 0 Å². The average molecular weight is 734 g/mol. The van der Waals surface area contributed by atoms with Crippen LogP contribution in [0.5, 0.6) is 11.5 Å². The summed E-state index contributed by atoms with van der Waals surface area (Å²) in [4.78, 5) is 0. The summed E-state index contributed by atoms with van der Waals surface area (Å²) in [6.07, 6.45) is -10.7. The van der Waals surface area contributed by atoms with Gasteiger partial charge in [-0.2, -0.15) is 42.1 Å². The number of allylic oxidation sites excluding steroid dienone is 8. The maximum Gasteiger partial charge on any atom is 0.573 e. The highest BCUT2D eigenvalue weighted by atomic mass is 19.4. The highest BCUT2D eigenvalue weighted by Crippen LogP contribution is 2.57. The minimum absolute atomic E-state index is 0.519. The minimum atomic E-state index is -5.37. The number of nitriles is 8. The summed E-state index contributed by atoms with van der Waals surface area (Å²) in [5.74, 6) is -5.62. The highest BCUT2D eigenvalue weighted by Gasteiger charge is 2.45. The number of ether oxygens (including phenoxy) is 2. The Labute approximate surface area is 296 Å². The van der Waals surface area contributed by atoms with Gasteiger partial charge in [-0.1, -0.05) is 12.1 Å². The topological polar surface area (TPSA) is 209 Å². The quantitative estimate of drug-likeness (QED) is 0.186. The molecule has 5 rings (SSSR count). The summed E-state index contributed by atoms with van der Waals surface area (Å²) in [7, 11) is 0. The first-order valence-electron chi connectivity index (χ1n) is 14.1. The summed E-state index contributed by atoms with van der Waals surface area (Å²) >= 11 is 0. The van der Waals surface area contributed by atoms with Crippen LogP contribution in [0.25, 0.3) is 33.4 Å². The summed E-state index contributed by atoms with van der Waals surface area (Å²) in [5.41, 5.74) is -13.6. The summed E-state index contributed by atoms with van der Waals surface area (Å²) in [6.45, 7) is 0. The number of hydrogen-bond donors (Lipinski definition) is 0. The molecule has 0 spiro atoms. The molecule has 3 aromatic rings. The van der Waals surface area contributed by atoms with Gasteiger partial charge in [-0.3, -0.25) is 0 Å². The molecule has 0 aromatic heterocycles. The first-order chi connectivity index (χ1) is 25.5. The van der Waals surface area contributed by atoms with Crippen LogP contribution >= 0.6 is 0 Å². The number of nitrogens with zero attached hydrogens (tertiary/aromatic N) is 8. The molecule has 18 heteroatoms. The Balaban J connectivity index is 1.97. The van der Waals surface area contributed by atoms with E-state index in [2.05, 4.69) is 9.47 Å². The van der Waals surface area contributed by atoms with Gasteiger partial charge in [0.2, 0.25) is 0 Å². The van der Waals surface area contributed by atoms with Crippen LogP contribution in [0, 0.1) is 102 Å². The van der Waals surface area contributed by atoms with Gasteiger partial charge >= 0.3 is 12.7 Å². The molecule has 0 amide bonds. The zero-order valence-electron chi connectivity index (χ0n) is 25.9. The second kappa shape index (κ2) is 13.4. The first kappa shape index (κ1) is 36.9. The largest absolute Gasteiger partial charge is 0.573 e. The Morgan fingerprint density at radius 2 is 0.815 bits per heavy atom. The van der Waals surface area contributed by atoms with Crippen molar-refractivity contribution in [2.75, 3.05) is 0 Å². The molecule has 0 heterocycles. The van der Waals surface area contributed by atoms with Crippen molar-refractivity contribution in [3.63, 3.8) is 0 Å².